The Morgan fingerprint density at radius 1 is 1.59 bits per heavy atom. The minimum absolute atomic E-state index is 0.0992. The predicted octanol–water partition coefficient (Wildman–Crippen LogP) is -0.300. The van der Waals surface area contributed by atoms with Crippen LogP contribution in [0.5, 0.6) is 0 Å². The molecule has 0 unspecified atom stereocenters. The van der Waals surface area contributed by atoms with Gasteiger partial charge in [-0.2, -0.15) is 0 Å². The highest BCUT2D eigenvalue weighted by Crippen LogP contribution is 2.12. The molecule has 0 saturated heterocycles. The van der Waals surface area contributed by atoms with Crippen molar-refractivity contribution < 1.29 is 9.90 Å². The number of carboxylic acid groups (broad SMARTS) is 1. The maximum Gasteiger partial charge on any atom is 0.343 e. The number of nitrogens with one attached hydrogen (secondary N) is 1. The molecule has 0 aromatic carbocycles. The molecule has 0 atom stereocenters. The van der Waals surface area contributed by atoms with Crippen LogP contribution >= 0.6 is 11.8 Å². The molecule has 0 amide bonds. The normalized spacial score (nSPS) is 11.0. The molecule has 17 heavy (non-hydrogen) atoms. The van der Waals surface area contributed by atoms with Crippen LogP contribution in [-0.2, 0) is 11.3 Å². The number of aromatic nitrogens is 3. The van der Waals surface area contributed by atoms with E-state index < -0.39 is 5.97 Å². The smallest absolute Gasteiger partial charge is 0.343 e. The Bertz CT molecular complexity index is 426. The molecule has 7 nitrogen and oxygen atoms in total. The van der Waals surface area contributed by atoms with Gasteiger partial charge in [0.1, 0.15) is 0 Å². The Balaban J connectivity index is 2.60. The van der Waals surface area contributed by atoms with E-state index in [4.69, 9.17) is 5.11 Å². The van der Waals surface area contributed by atoms with Crippen LogP contribution in [0.25, 0.3) is 0 Å². The van der Waals surface area contributed by atoms with Crippen molar-refractivity contribution in [2.24, 2.45) is 0 Å². The Hall–Kier alpha value is -1.28. The highest BCUT2D eigenvalue weighted by atomic mass is 32.2. The van der Waals surface area contributed by atoms with E-state index in [-0.39, 0.29) is 11.4 Å². The summed E-state index contributed by atoms with van der Waals surface area (Å²) in [6, 6.07) is 0. The highest BCUT2D eigenvalue weighted by molar-refractivity contribution is 7.99. The third kappa shape index (κ3) is 4.61. The third-order valence-electron chi connectivity index (χ3n) is 2.04. The van der Waals surface area contributed by atoms with Gasteiger partial charge in [-0.1, -0.05) is 11.8 Å². The molecule has 96 valence electrons. The number of hydrogen-bond acceptors (Lipinski definition) is 5. The van der Waals surface area contributed by atoms with Gasteiger partial charge in [-0.15, -0.1) is 5.10 Å². The fourth-order valence-electron chi connectivity index (χ4n) is 1.28. The van der Waals surface area contributed by atoms with Gasteiger partial charge in [-0.3, -0.25) is 9.36 Å². The van der Waals surface area contributed by atoms with Gasteiger partial charge in [-0.05, 0) is 27.1 Å². The summed E-state index contributed by atoms with van der Waals surface area (Å²) < 4.78 is 1.47. The van der Waals surface area contributed by atoms with Crippen LogP contribution in [0.3, 0.4) is 0 Å². The summed E-state index contributed by atoms with van der Waals surface area (Å²) in [5.74, 6) is -1.02. The number of aliphatic carboxylic acids is 1. The average molecular weight is 260 g/mol. The second-order valence-electron chi connectivity index (χ2n) is 3.80. The standard InChI is InChI=1S/C9H16N4O3S/c1-12(2)4-3-5-13-8(16)10-11-9(13)17-6-7(14)15/h3-6H2,1-2H3,(H,10,16)(H,14,15). The molecule has 1 aromatic rings. The Labute approximate surface area is 103 Å². The van der Waals surface area contributed by atoms with E-state index in [9.17, 15) is 9.59 Å². The van der Waals surface area contributed by atoms with E-state index in [1.54, 1.807) is 0 Å². The van der Waals surface area contributed by atoms with Gasteiger partial charge < -0.3 is 10.0 Å². The Kier molecular flexibility index (Phi) is 5.23. The number of aromatic amines is 1. The highest BCUT2D eigenvalue weighted by Gasteiger charge is 2.10. The molecule has 0 aliphatic rings. The Morgan fingerprint density at radius 3 is 2.88 bits per heavy atom. The molecule has 0 aliphatic heterocycles. The van der Waals surface area contributed by atoms with Crippen molar-refractivity contribution in [1.82, 2.24) is 19.7 Å². The summed E-state index contributed by atoms with van der Waals surface area (Å²) in [5, 5.41) is 15.1. The fourth-order valence-corrected chi connectivity index (χ4v) is 1.97. The van der Waals surface area contributed by atoms with Crippen LogP contribution in [0, 0.1) is 0 Å². The number of thioether (sulfide) groups is 1. The van der Waals surface area contributed by atoms with E-state index in [2.05, 4.69) is 10.2 Å². The van der Waals surface area contributed by atoms with E-state index in [0.29, 0.717) is 11.7 Å². The number of hydrogen-bond donors (Lipinski definition) is 2. The summed E-state index contributed by atoms with van der Waals surface area (Å²) in [6.45, 7) is 1.40. The minimum atomic E-state index is -0.926. The van der Waals surface area contributed by atoms with Crippen molar-refractivity contribution in [2.75, 3.05) is 26.4 Å². The lowest BCUT2D eigenvalue weighted by molar-refractivity contribution is -0.133. The van der Waals surface area contributed by atoms with Gasteiger partial charge in [0.2, 0.25) is 0 Å². The van der Waals surface area contributed by atoms with Crippen LogP contribution in [0.15, 0.2) is 9.95 Å². The van der Waals surface area contributed by atoms with E-state index in [0.717, 1.165) is 24.7 Å². The molecule has 0 aliphatic carbocycles. The van der Waals surface area contributed by atoms with Crippen molar-refractivity contribution >= 4 is 17.7 Å². The van der Waals surface area contributed by atoms with Crippen molar-refractivity contribution in [3.63, 3.8) is 0 Å². The molecular formula is C9H16N4O3S. The molecule has 0 saturated carbocycles. The molecule has 1 aromatic heterocycles. The summed E-state index contributed by atoms with van der Waals surface area (Å²) in [6.07, 6.45) is 0.813. The maximum atomic E-state index is 11.4. The first-order valence-electron chi connectivity index (χ1n) is 5.15. The van der Waals surface area contributed by atoms with Crippen LogP contribution in [-0.4, -0.2) is 57.1 Å². The molecule has 0 fully saturated rings. The lowest BCUT2D eigenvalue weighted by Crippen LogP contribution is -2.21. The van der Waals surface area contributed by atoms with E-state index >= 15 is 0 Å². The van der Waals surface area contributed by atoms with Crippen LogP contribution in [0.2, 0.25) is 0 Å². The predicted molar refractivity (Wildman–Crippen MR) is 64.4 cm³/mol. The average Bonchev–Trinajstić information content (AvgIpc) is 2.57. The molecule has 1 rings (SSSR count). The maximum absolute atomic E-state index is 11.4. The zero-order chi connectivity index (χ0) is 12.8. The topological polar surface area (TPSA) is 91.2 Å². The summed E-state index contributed by atoms with van der Waals surface area (Å²) in [5.41, 5.74) is -0.295. The van der Waals surface area contributed by atoms with E-state index in [1.165, 1.54) is 4.57 Å². The monoisotopic (exact) mass is 260 g/mol. The van der Waals surface area contributed by atoms with Crippen LogP contribution < -0.4 is 5.69 Å². The first-order valence-corrected chi connectivity index (χ1v) is 6.14. The second kappa shape index (κ2) is 6.45. The van der Waals surface area contributed by atoms with Gasteiger partial charge >= 0.3 is 11.7 Å². The quantitative estimate of drug-likeness (QED) is 0.654. The van der Waals surface area contributed by atoms with Crippen molar-refractivity contribution in [3.05, 3.63) is 10.5 Å². The summed E-state index contributed by atoms with van der Waals surface area (Å²) >= 11 is 1.04. The first kappa shape index (κ1) is 13.8. The number of rotatable bonds is 7. The largest absolute Gasteiger partial charge is 0.481 e. The van der Waals surface area contributed by atoms with Gasteiger partial charge in [-0.25, -0.2) is 9.89 Å². The molecule has 2 N–H and O–H groups in total. The number of carboxylic acids is 1. The lowest BCUT2D eigenvalue weighted by Gasteiger charge is -2.09. The van der Waals surface area contributed by atoms with Crippen molar-refractivity contribution in [3.8, 4) is 0 Å². The molecule has 0 radical (unpaired) electrons. The minimum Gasteiger partial charge on any atom is -0.481 e. The first-order chi connectivity index (χ1) is 8.00. The SMILES string of the molecule is CN(C)CCCn1c(SCC(=O)O)n[nH]c1=O. The van der Waals surface area contributed by atoms with Crippen LogP contribution in [0.1, 0.15) is 6.42 Å². The lowest BCUT2D eigenvalue weighted by atomic mass is 10.4. The van der Waals surface area contributed by atoms with E-state index in [1.807, 2.05) is 19.0 Å². The Morgan fingerprint density at radius 2 is 2.29 bits per heavy atom. The number of nitrogens with zero attached hydrogens (tertiary/aromatic N) is 3. The number of H-pyrrole nitrogens is 1. The fraction of sp³-hybridized carbons (Fsp3) is 0.667. The number of carbonyl (C=O) groups is 1. The second-order valence-corrected chi connectivity index (χ2v) is 4.74. The summed E-state index contributed by atoms with van der Waals surface area (Å²) in [7, 11) is 3.91. The van der Waals surface area contributed by atoms with Gasteiger partial charge in [0.25, 0.3) is 0 Å². The van der Waals surface area contributed by atoms with Gasteiger partial charge in [0.15, 0.2) is 5.16 Å². The molecule has 0 bridgehead atoms. The van der Waals surface area contributed by atoms with Crippen molar-refractivity contribution in [2.45, 2.75) is 18.1 Å². The van der Waals surface area contributed by atoms with Crippen LogP contribution in [0.4, 0.5) is 0 Å². The zero-order valence-corrected chi connectivity index (χ0v) is 10.7. The third-order valence-corrected chi connectivity index (χ3v) is 3.00. The molecule has 0 spiro atoms. The molecule has 1 heterocycles. The molecular weight excluding hydrogens is 244 g/mol. The van der Waals surface area contributed by atoms with Gasteiger partial charge in [0.05, 0.1) is 5.75 Å². The molecule has 8 heteroatoms. The zero-order valence-electron chi connectivity index (χ0n) is 9.84. The summed E-state index contributed by atoms with van der Waals surface area (Å²) in [4.78, 5) is 23.9. The van der Waals surface area contributed by atoms with Crippen molar-refractivity contribution in [1.29, 1.82) is 0 Å². The van der Waals surface area contributed by atoms with Gasteiger partial charge in [0, 0.05) is 6.54 Å².